The summed E-state index contributed by atoms with van der Waals surface area (Å²) in [5, 5.41) is 18.5. The van der Waals surface area contributed by atoms with Gasteiger partial charge >= 0.3 is 0 Å². The third-order valence-electron chi connectivity index (χ3n) is 3.17. The number of phenolic OH excluding ortho intramolecular Hbond substituents is 1. The van der Waals surface area contributed by atoms with Crippen molar-refractivity contribution < 1.29 is 10.2 Å². The molecular formula is C14H16O2. The average molecular weight is 216 g/mol. The van der Waals surface area contributed by atoms with Crippen LogP contribution in [-0.4, -0.2) is 10.2 Å². The first-order valence-corrected chi connectivity index (χ1v) is 5.53. The smallest absolute Gasteiger partial charge is 0.115 e. The Morgan fingerprint density at radius 2 is 1.88 bits per heavy atom. The molecular weight excluding hydrogens is 200 g/mol. The maximum Gasteiger partial charge on any atom is 0.115 e. The molecule has 0 fully saturated rings. The molecule has 0 heterocycles. The van der Waals surface area contributed by atoms with Crippen molar-refractivity contribution in [3.8, 4) is 5.75 Å². The van der Waals surface area contributed by atoms with E-state index in [0.717, 1.165) is 6.42 Å². The van der Waals surface area contributed by atoms with Crippen molar-refractivity contribution in [1.82, 2.24) is 0 Å². The Hall–Kier alpha value is -1.70. The summed E-state index contributed by atoms with van der Waals surface area (Å²) in [4.78, 5) is 0. The van der Waals surface area contributed by atoms with Crippen molar-refractivity contribution >= 4 is 0 Å². The molecule has 1 aliphatic carbocycles. The summed E-state index contributed by atoms with van der Waals surface area (Å²) in [5.74, 6) is 1.46. The van der Waals surface area contributed by atoms with Crippen molar-refractivity contribution in [2.75, 3.05) is 0 Å². The molecule has 2 rings (SSSR count). The van der Waals surface area contributed by atoms with Crippen molar-refractivity contribution in [3.63, 3.8) is 0 Å². The van der Waals surface area contributed by atoms with Gasteiger partial charge in [0.15, 0.2) is 0 Å². The third kappa shape index (κ3) is 2.27. The van der Waals surface area contributed by atoms with E-state index in [2.05, 4.69) is 6.92 Å². The van der Waals surface area contributed by atoms with Crippen LogP contribution in [0.15, 0.2) is 48.3 Å². The van der Waals surface area contributed by atoms with Gasteiger partial charge in [0, 0.05) is 0 Å². The molecule has 0 amide bonds. The van der Waals surface area contributed by atoms with Gasteiger partial charge in [0.2, 0.25) is 0 Å². The molecule has 0 aromatic heterocycles. The van der Waals surface area contributed by atoms with Gasteiger partial charge in [-0.1, -0.05) is 25.1 Å². The quantitative estimate of drug-likeness (QED) is 0.794. The molecule has 84 valence electrons. The summed E-state index contributed by atoms with van der Waals surface area (Å²) in [6.07, 6.45) is 6.52. The SMILES string of the molecule is CC(c1ccc(O)cc1)C1C=CC(O)=CC1. The molecule has 1 aromatic rings. The second-order valence-corrected chi connectivity index (χ2v) is 4.27. The maximum atomic E-state index is 9.26. The van der Waals surface area contributed by atoms with Crippen LogP contribution in [-0.2, 0) is 0 Å². The van der Waals surface area contributed by atoms with E-state index in [4.69, 9.17) is 0 Å². The van der Waals surface area contributed by atoms with Crippen molar-refractivity contribution in [1.29, 1.82) is 0 Å². The zero-order valence-electron chi connectivity index (χ0n) is 9.30. The third-order valence-corrected chi connectivity index (χ3v) is 3.17. The van der Waals surface area contributed by atoms with E-state index in [9.17, 15) is 10.2 Å². The molecule has 2 unspecified atom stereocenters. The van der Waals surface area contributed by atoms with Gasteiger partial charge in [-0.25, -0.2) is 0 Å². The minimum Gasteiger partial charge on any atom is -0.508 e. The van der Waals surface area contributed by atoms with E-state index < -0.39 is 0 Å². The highest BCUT2D eigenvalue weighted by Gasteiger charge is 2.17. The lowest BCUT2D eigenvalue weighted by atomic mass is 9.83. The largest absolute Gasteiger partial charge is 0.508 e. The lowest BCUT2D eigenvalue weighted by Crippen LogP contribution is -2.09. The monoisotopic (exact) mass is 216 g/mol. The number of rotatable bonds is 2. The summed E-state index contributed by atoms with van der Waals surface area (Å²) < 4.78 is 0. The number of hydrogen-bond donors (Lipinski definition) is 2. The molecule has 1 aromatic carbocycles. The Kier molecular flexibility index (Phi) is 3.00. The summed E-state index contributed by atoms with van der Waals surface area (Å²) in [6, 6.07) is 7.33. The van der Waals surface area contributed by atoms with Crippen LogP contribution >= 0.6 is 0 Å². The molecule has 0 saturated carbocycles. The van der Waals surface area contributed by atoms with Crippen LogP contribution in [0.4, 0.5) is 0 Å². The van der Waals surface area contributed by atoms with Crippen LogP contribution in [0.25, 0.3) is 0 Å². The zero-order valence-corrected chi connectivity index (χ0v) is 9.30. The number of allylic oxidation sites excluding steroid dienone is 3. The lowest BCUT2D eigenvalue weighted by Gasteiger charge is -2.22. The Morgan fingerprint density at radius 1 is 1.19 bits per heavy atom. The van der Waals surface area contributed by atoms with E-state index in [1.807, 2.05) is 24.3 Å². The summed E-state index contributed by atoms with van der Waals surface area (Å²) >= 11 is 0. The van der Waals surface area contributed by atoms with Gasteiger partial charge in [-0.2, -0.15) is 0 Å². The number of benzene rings is 1. The molecule has 2 N–H and O–H groups in total. The lowest BCUT2D eigenvalue weighted by molar-refractivity contribution is 0.415. The fourth-order valence-corrected chi connectivity index (χ4v) is 2.02. The molecule has 2 atom stereocenters. The predicted octanol–water partition coefficient (Wildman–Crippen LogP) is 3.51. The summed E-state index contributed by atoms with van der Waals surface area (Å²) in [5.41, 5.74) is 1.21. The van der Waals surface area contributed by atoms with Crippen LogP contribution in [0.5, 0.6) is 5.75 Å². The highest BCUT2D eigenvalue weighted by atomic mass is 16.3. The van der Waals surface area contributed by atoms with Crippen molar-refractivity contribution in [3.05, 3.63) is 53.8 Å². The van der Waals surface area contributed by atoms with Gasteiger partial charge < -0.3 is 10.2 Å². The van der Waals surface area contributed by atoms with Crippen LogP contribution in [0.1, 0.15) is 24.8 Å². The number of phenols is 1. The van der Waals surface area contributed by atoms with Crippen LogP contribution in [0, 0.1) is 5.92 Å². The van der Waals surface area contributed by atoms with Gasteiger partial charge in [0.1, 0.15) is 11.5 Å². The van der Waals surface area contributed by atoms with Gasteiger partial charge in [-0.15, -0.1) is 0 Å². The van der Waals surface area contributed by atoms with E-state index in [1.54, 1.807) is 18.2 Å². The van der Waals surface area contributed by atoms with E-state index in [1.165, 1.54) is 5.56 Å². The summed E-state index contributed by atoms with van der Waals surface area (Å²) in [7, 11) is 0. The summed E-state index contributed by atoms with van der Waals surface area (Å²) in [6.45, 7) is 2.16. The number of aromatic hydroxyl groups is 1. The molecule has 0 bridgehead atoms. The minimum atomic E-state index is 0.299. The molecule has 0 spiro atoms. The molecule has 0 radical (unpaired) electrons. The molecule has 1 aliphatic rings. The first kappa shape index (κ1) is 10.8. The molecule has 0 aliphatic heterocycles. The minimum absolute atomic E-state index is 0.299. The molecule has 2 nitrogen and oxygen atoms in total. The van der Waals surface area contributed by atoms with Gasteiger partial charge in [0.25, 0.3) is 0 Å². The normalized spacial score (nSPS) is 21.6. The standard InChI is InChI=1S/C14H16O2/c1-10(11-2-6-13(15)7-3-11)12-4-8-14(16)9-5-12/h2-4,6-10,12,15-16H,5H2,1H3. The highest BCUT2D eigenvalue weighted by molar-refractivity contribution is 5.30. The first-order valence-electron chi connectivity index (χ1n) is 5.53. The number of hydrogen-bond acceptors (Lipinski definition) is 2. The van der Waals surface area contributed by atoms with Crippen molar-refractivity contribution in [2.45, 2.75) is 19.3 Å². The van der Waals surface area contributed by atoms with Crippen LogP contribution in [0.2, 0.25) is 0 Å². The molecule has 2 heteroatoms. The van der Waals surface area contributed by atoms with E-state index in [0.29, 0.717) is 23.3 Å². The average Bonchev–Trinajstić information content (AvgIpc) is 2.30. The molecule has 0 saturated heterocycles. The van der Waals surface area contributed by atoms with E-state index >= 15 is 0 Å². The van der Waals surface area contributed by atoms with Crippen LogP contribution < -0.4 is 0 Å². The Labute approximate surface area is 95.6 Å². The second kappa shape index (κ2) is 4.44. The zero-order chi connectivity index (χ0) is 11.5. The van der Waals surface area contributed by atoms with Gasteiger partial charge in [-0.05, 0) is 48.1 Å². The van der Waals surface area contributed by atoms with Gasteiger partial charge in [0.05, 0.1) is 0 Å². The Morgan fingerprint density at radius 3 is 2.44 bits per heavy atom. The van der Waals surface area contributed by atoms with E-state index in [-0.39, 0.29) is 0 Å². The maximum absolute atomic E-state index is 9.26. The second-order valence-electron chi connectivity index (χ2n) is 4.27. The number of aliphatic hydroxyl groups is 1. The first-order chi connectivity index (χ1) is 7.66. The predicted molar refractivity (Wildman–Crippen MR) is 64.5 cm³/mol. The Balaban J connectivity index is 2.11. The fourth-order valence-electron chi connectivity index (χ4n) is 2.02. The topological polar surface area (TPSA) is 40.5 Å². The fraction of sp³-hybridized carbons (Fsp3) is 0.286. The number of aliphatic hydroxyl groups excluding tert-OH is 1. The van der Waals surface area contributed by atoms with Crippen LogP contribution in [0.3, 0.4) is 0 Å². The van der Waals surface area contributed by atoms with Gasteiger partial charge in [-0.3, -0.25) is 0 Å². The molecule has 16 heavy (non-hydrogen) atoms. The highest BCUT2D eigenvalue weighted by Crippen LogP contribution is 2.31. The Bertz CT molecular complexity index is 415. The van der Waals surface area contributed by atoms with Crippen molar-refractivity contribution in [2.24, 2.45) is 5.92 Å².